The van der Waals surface area contributed by atoms with Crippen LogP contribution in [0, 0.1) is 5.82 Å². The van der Waals surface area contributed by atoms with Crippen LogP contribution in [0.5, 0.6) is 5.75 Å². The first-order valence-corrected chi connectivity index (χ1v) is 6.33. The molecule has 0 aliphatic rings. The van der Waals surface area contributed by atoms with Gasteiger partial charge in [0.15, 0.2) is 0 Å². The molecule has 0 saturated heterocycles. The number of rotatable bonds is 6. The van der Waals surface area contributed by atoms with Crippen molar-refractivity contribution in [2.75, 3.05) is 6.61 Å². The second kappa shape index (κ2) is 6.70. The third-order valence-corrected chi connectivity index (χ3v) is 2.99. The molecule has 0 fully saturated rings. The van der Waals surface area contributed by atoms with Crippen molar-refractivity contribution in [1.29, 1.82) is 0 Å². The van der Waals surface area contributed by atoms with E-state index in [9.17, 15) is 14.3 Å². The summed E-state index contributed by atoms with van der Waals surface area (Å²) >= 11 is 0. The van der Waals surface area contributed by atoms with E-state index in [1.807, 2.05) is 18.2 Å². The molecule has 0 heterocycles. The highest BCUT2D eigenvalue weighted by Crippen LogP contribution is 2.20. The number of hydrogen-bond acceptors (Lipinski definition) is 2. The van der Waals surface area contributed by atoms with Crippen molar-refractivity contribution in [3.63, 3.8) is 0 Å². The van der Waals surface area contributed by atoms with Gasteiger partial charge in [-0.1, -0.05) is 30.3 Å². The molecule has 3 nitrogen and oxygen atoms in total. The van der Waals surface area contributed by atoms with Crippen LogP contribution >= 0.6 is 0 Å². The number of carboxylic acid groups (broad SMARTS) is 1. The zero-order valence-corrected chi connectivity index (χ0v) is 10.8. The molecule has 1 atom stereocenters. The van der Waals surface area contributed by atoms with Gasteiger partial charge < -0.3 is 9.84 Å². The number of carboxylic acids is 1. The Hall–Kier alpha value is -2.36. The van der Waals surface area contributed by atoms with Gasteiger partial charge in [-0.05, 0) is 36.2 Å². The van der Waals surface area contributed by atoms with E-state index in [-0.39, 0.29) is 12.4 Å². The predicted octanol–water partition coefficient (Wildman–Crippen LogP) is 3.46. The van der Waals surface area contributed by atoms with Gasteiger partial charge >= 0.3 is 5.97 Å². The lowest BCUT2D eigenvalue weighted by Gasteiger charge is -2.13. The van der Waals surface area contributed by atoms with Gasteiger partial charge in [-0.3, -0.25) is 4.79 Å². The molecule has 20 heavy (non-hydrogen) atoms. The zero-order valence-electron chi connectivity index (χ0n) is 10.8. The standard InChI is InChI=1S/C16H15FO3/c17-13-6-8-14(9-7-13)20-11-10-15(16(18)19)12-4-2-1-3-5-12/h1-9,15H,10-11H2,(H,18,19). The van der Waals surface area contributed by atoms with Crippen LogP contribution in [-0.4, -0.2) is 17.7 Å². The van der Waals surface area contributed by atoms with Crippen molar-refractivity contribution < 1.29 is 19.0 Å². The van der Waals surface area contributed by atoms with E-state index in [4.69, 9.17) is 4.74 Å². The Labute approximate surface area is 116 Å². The third-order valence-electron chi connectivity index (χ3n) is 2.99. The third kappa shape index (κ3) is 3.82. The van der Waals surface area contributed by atoms with Gasteiger partial charge in [-0.25, -0.2) is 4.39 Å². The summed E-state index contributed by atoms with van der Waals surface area (Å²) in [4.78, 5) is 11.3. The summed E-state index contributed by atoms with van der Waals surface area (Å²) in [7, 11) is 0. The molecular weight excluding hydrogens is 259 g/mol. The number of hydrogen-bond donors (Lipinski definition) is 1. The molecule has 104 valence electrons. The van der Waals surface area contributed by atoms with E-state index in [2.05, 4.69) is 0 Å². The van der Waals surface area contributed by atoms with E-state index >= 15 is 0 Å². The highest BCUT2D eigenvalue weighted by Gasteiger charge is 2.19. The molecule has 4 heteroatoms. The summed E-state index contributed by atoms with van der Waals surface area (Å²) in [5.74, 6) is -1.27. The maximum atomic E-state index is 12.7. The number of carbonyl (C=O) groups is 1. The molecule has 2 aromatic carbocycles. The van der Waals surface area contributed by atoms with Gasteiger partial charge in [-0.15, -0.1) is 0 Å². The quantitative estimate of drug-likeness (QED) is 0.877. The van der Waals surface area contributed by atoms with Crippen molar-refractivity contribution in [1.82, 2.24) is 0 Å². The fourth-order valence-electron chi connectivity index (χ4n) is 1.94. The molecule has 1 N–H and O–H groups in total. The fraction of sp³-hybridized carbons (Fsp3) is 0.188. The van der Waals surface area contributed by atoms with Crippen LogP contribution in [0.15, 0.2) is 54.6 Å². The van der Waals surface area contributed by atoms with Crippen molar-refractivity contribution in [3.05, 3.63) is 66.0 Å². The molecule has 0 aliphatic carbocycles. The molecule has 0 aromatic heterocycles. The number of ether oxygens (including phenoxy) is 1. The SMILES string of the molecule is O=C(O)C(CCOc1ccc(F)cc1)c1ccccc1. The number of benzene rings is 2. The van der Waals surface area contributed by atoms with Gasteiger partial charge in [0.25, 0.3) is 0 Å². The topological polar surface area (TPSA) is 46.5 Å². The molecule has 0 bridgehead atoms. The lowest BCUT2D eigenvalue weighted by Crippen LogP contribution is -2.15. The van der Waals surface area contributed by atoms with E-state index < -0.39 is 11.9 Å². The summed E-state index contributed by atoms with van der Waals surface area (Å²) in [6.07, 6.45) is 0.358. The van der Waals surface area contributed by atoms with Gasteiger partial charge in [0.2, 0.25) is 0 Å². The molecule has 1 unspecified atom stereocenters. The summed E-state index contributed by atoms with van der Waals surface area (Å²) in [5, 5.41) is 9.26. The lowest BCUT2D eigenvalue weighted by atomic mass is 9.96. The van der Waals surface area contributed by atoms with Crippen LogP contribution in [0.4, 0.5) is 4.39 Å². The second-order valence-electron chi connectivity index (χ2n) is 4.39. The van der Waals surface area contributed by atoms with Crippen LogP contribution in [0.2, 0.25) is 0 Å². The van der Waals surface area contributed by atoms with Crippen molar-refractivity contribution in [2.45, 2.75) is 12.3 Å². The first-order valence-electron chi connectivity index (χ1n) is 6.33. The number of halogens is 1. The minimum Gasteiger partial charge on any atom is -0.494 e. The summed E-state index contributed by atoms with van der Waals surface area (Å²) in [6, 6.07) is 14.7. The summed E-state index contributed by atoms with van der Waals surface area (Å²) in [6.45, 7) is 0.261. The van der Waals surface area contributed by atoms with Crippen LogP contribution < -0.4 is 4.74 Å². The minimum absolute atomic E-state index is 0.261. The van der Waals surface area contributed by atoms with E-state index in [0.717, 1.165) is 5.56 Å². The molecule has 0 saturated carbocycles. The molecule has 0 amide bonds. The molecule has 2 aromatic rings. The average molecular weight is 274 g/mol. The average Bonchev–Trinajstić information content (AvgIpc) is 2.46. The largest absolute Gasteiger partial charge is 0.494 e. The Morgan fingerprint density at radius 3 is 2.35 bits per heavy atom. The maximum Gasteiger partial charge on any atom is 0.311 e. The fourth-order valence-corrected chi connectivity index (χ4v) is 1.94. The Morgan fingerprint density at radius 2 is 1.75 bits per heavy atom. The normalized spacial score (nSPS) is 11.8. The van der Waals surface area contributed by atoms with E-state index in [1.54, 1.807) is 12.1 Å². The minimum atomic E-state index is -0.876. The smallest absolute Gasteiger partial charge is 0.311 e. The zero-order chi connectivity index (χ0) is 14.4. The van der Waals surface area contributed by atoms with Gasteiger partial charge in [0.05, 0.1) is 12.5 Å². The lowest BCUT2D eigenvalue weighted by molar-refractivity contribution is -0.139. The highest BCUT2D eigenvalue weighted by molar-refractivity contribution is 5.76. The molecular formula is C16H15FO3. The van der Waals surface area contributed by atoms with Gasteiger partial charge in [0.1, 0.15) is 11.6 Å². The van der Waals surface area contributed by atoms with Gasteiger partial charge in [-0.2, -0.15) is 0 Å². The molecule has 2 rings (SSSR count). The van der Waals surface area contributed by atoms with Crippen LogP contribution in [-0.2, 0) is 4.79 Å². The van der Waals surface area contributed by atoms with Crippen molar-refractivity contribution in [3.8, 4) is 5.75 Å². The van der Waals surface area contributed by atoms with E-state index in [0.29, 0.717) is 12.2 Å². The van der Waals surface area contributed by atoms with Crippen molar-refractivity contribution in [2.24, 2.45) is 0 Å². The monoisotopic (exact) mass is 274 g/mol. The Bertz CT molecular complexity index is 552. The molecule has 0 radical (unpaired) electrons. The van der Waals surface area contributed by atoms with Crippen LogP contribution in [0.25, 0.3) is 0 Å². The Kier molecular flexibility index (Phi) is 4.71. The summed E-state index contributed by atoms with van der Waals surface area (Å²) in [5.41, 5.74) is 0.753. The molecule has 0 spiro atoms. The van der Waals surface area contributed by atoms with Crippen LogP contribution in [0.3, 0.4) is 0 Å². The summed E-state index contributed by atoms with van der Waals surface area (Å²) < 4.78 is 18.2. The highest BCUT2D eigenvalue weighted by atomic mass is 19.1. The molecule has 0 aliphatic heterocycles. The Balaban J connectivity index is 1.93. The Morgan fingerprint density at radius 1 is 1.10 bits per heavy atom. The van der Waals surface area contributed by atoms with Gasteiger partial charge in [0, 0.05) is 0 Å². The maximum absolute atomic E-state index is 12.7. The number of aliphatic carboxylic acids is 1. The van der Waals surface area contributed by atoms with Crippen molar-refractivity contribution >= 4 is 5.97 Å². The van der Waals surface area contributed by atoms with E-state index in [1.165, 1.54) is 24.3 Å². The first kappa shape index (κ1) is 14.1. The first-order chi connectivity index (χ1) is 9.66. The second-order valence-corrected chi connectivity index (χ2v) is 4.39. The van der Waals surface area contributed by atoms with Crippen LogP contribution in [0.1, 0.15) is 17.9 Å². The predicted molar refractivity (Wildman–Crippen MR) is 73.3 cm³/mol.